The summed E-state index contributed by atoms with van der Waals surface area (Å²) >= 11 is 0. The van der Waals surface area contributed by atoms with Crippen LogP contribution in [0.3, 0.4) is 0 Å². The predicted molar refractivity (Wildman–Crippen MR) is 106 cm³/mol. The van der Waals surface area contributed by atoms with E-state index in [1.807, 2.05) is 0 Å². The second kappa shape index (κ2) is 6.44. The summed E-state index contributed by atoms with van der Waals surface area (Å²) in [7, 11) is 2.12. The van der Waals surface area contributed by atoms with Gasteiger partial charge in [0, 0.05) is 19.3 Å². The van der Waals surface area contributed by atoms with Crippen LogP contribution in [-0.4, -0.2) is 21.3 Å². The number of nitrogens with zero attached hydrogens (tertiary/aromatic N) is 4. The quantitative estimate of drug-likeness (QED) is 0.688. The number of rotatable bonds is 3. The van der Waals surface area contributed by atoms with Crippen LogP contribution in [0, 0.1) is 0 Å². The second-order valence-electron chi connectivity index (χ2n) is 7.21. The third-order valence-electron chi connectivity index (χ3n) is 5.71. The number of benzene rings is 2. The third kappa shape index (κ3) is 2.52. The number of aromatic nitrogens is 3. The summed E-state index contributed by atoms with van der Waals surface area (Å²) in [5.74, 6) is 2.06. The van der Waals surface area contributed by atoms with E-state index in [4.69, 9.17) is 0 Å². The molecule has 0 atom stereocenters. The maximum Gasteiger partial charge on any atom is 0.231 e. The zero-order valence-electron chi connectivity index (χ0n) is 14.9. The highest BCUT2D eigenvalue weighted by molar-refractivity contribution is 5.85. The minimum Gasteiger partial charge on any atom is -0.310 e. The zero-order chi connectivity index (χ0) is 16.9. The number of fused-ring (bicyclic) bond motifs is 1. The summed E-state index contributed by atoms with van der Waals surface area (Å²) in [6, 6.07) is 19.4. The summed E-state index contributed by atoms with van der Waals surface area (Å²) in [6.07, 6.45) is 4.60. The Morgan fingerprint density at radius 2 is 1.65 bits per heavy atom. The Balaban J connectivity index is 0.00000168. The molecule has 5 rings (SSSR count). The topological polar surface area (TPSA) is 34.0 Å². The molecule has 0 bridgehead atoms. The van der Waals surface area contributed by atoms with Gasteiger partial charge in [-0.25, -0.2) is 0 Å². The molecule has 1 aliphatic heterocycles. The summed E-state index contributed by atoms with van der Waals surface area (Å²) < 4.78 is 2.21. The number of para-hydroxylation sites is 1. The first-order chi connectivity index (χ1) is 12.3. The molecule has 0 N–H and O–H groups in total. The standard InChI is InChI=1S/C21H22N4.ClH/c1-24-19(21(13-14-21)17-10-3-2-4-11-17)22-23-20(24)25-15-7-9-16-8-5-6-12-18(16)25;/h2-6,8,10-12H,7,9,13-15H2,1H3;1H. The van der Waals surface area contributed by atoms with E-state index in [0.29, 0.717) is 0 Å². The van der Waals surface area contributed by atoms with Gasteiger partial charge in [0.25, 0.3) is 0 Å². The summed E-state index contributed by atoms with van der Waals surface area (Å²) in [6.45, 7) is 1.00. The van der Waals surface area contributed by atoms with Gasteiger partial charge in [0.2, 0.25) is 5.95 Å². The Morgan fingerprint density at radius 1 is 0.923 bits per heavy atom. The van der Waals surface area contributed by atoms with Crippen LogP contribution in [-0.2, 0) is 18.9 Å². The van der Waals surface area contributed by atoms with Crippen LogP contribution in [0.15, 0.2) is 54.6 Å². The van der Waals surface area contributed by atoms with Crippen LogP contribution in [0.2, 0.25) is 0 Å². The molecule has 2 heterocycles. The molecule has 0 unspecified atom stereocenters. The van der Waals surface area contributed by atoms with E-state index in [0.717, 1.165) is 44.0 Å². The maximum absolute atomic E-state index is 4.65. The van der Waals surface area contributed by atoms with Crippen molar-refractivity contribution in [1.29, 1.82) is 0 Å². The van der Waals surface area contributed by atoms with Gasteiger partial charge >= 0.3 is 0 Å². The molecule has 0 radical (unpaired) electrons. The molecular weight excluding hydrogens is 344 g/mol. The lowest BCUT2D eigenvalue weighted by Crippen LogP contribution is -2.27. The van der Waals surface area contributed by atoms with Crippen molar-refractivity contribution in [2.24, 2.45) is 7.05 Å². The largest absolute Gasteiger partial charge is 0.310 e. The molecule has 0 saturated heterocycles. The first-order valence-electron chi connectivity index (χ1n) is 9.10. The number of hydrogen-bond acceptors (Lipinski definition) is 3. The molecular formula is C21H23ClN4. The normalized spacial score (nSPS) is 17.3. The van der Waals surface area contributed by atoms with E-state index in [-0.39, 0.29) is 17.8 Å². The Labute approximate surface area is 160 Å². The van der Waals surface area contributed by atoms with Crippen molar-refractivity contribution >= 4 is 24.0 Å². The van der Waals surface area contributed by atoms with Crippen molar-refractivity contribution < 1.29 is 0 Å². The fourth-order valence-electron chi connectivity index (χ4n) is 4.24. The lowest BCUT2D eigenvalue weighted by atomic mass is 9.95. The Kier molecular flexibility index (Phi) is 4.23. The van der Waals surface area contributed by atoms with Gasteiger partial charge in [0.15, 0.2) is 0 Å². The van der Waals surface area contributed by atoms with E-state index in [2.05, 4.69) is 81.3 Å². The van der Waals surface area contributed by atoms with Gasteiger partial charge in [0.1, 0.15) is 5.82 Å². The molecule has 26 heavy (non-hydrogen) atoms. The molecule has 1 fully saturated rings. The number of hydrogen-bond donors (Lipinski definition) is 0. The van der Waals surface area contributed by atoms with Crippen molar-refractivity contribution in [3.8, 4) is 0 Å². The molecule has 134 valence electrons. The first-order valence-corrected chi connectivity index (χ1v) is 9.10. The molecule has 5 heteroatoms. The number of halogens is 1. The van der Waals surface area contributed by atoms with Crippen molar-refractivity contribution in [3.63, 3.8) is 0 Å². The molecule has 2 aliphatic rings. The molecule has 1 aliphatic carbocycles. The van der Waals surface area contributed by atoms with Crippen LogP contribution >= 0.6 is 12.4 Å². The van der Waals surface area contributed by atoms with Crippen LogP contribution in [0.1, 0.15) is 36.2 Å². The van der Waals surface area contributed by atoms with Crippen molar-refractivity contribution in [2.45, 2.75) is 31.1 Å². The number of anilines is 2. The third-order valence-corrected chi connectivity index (χ3v) is 5.71. The Morgan fingerprint density at radius 3 is 2.42 bits per heavy atom. The zero-order valence-corrected chi connectivity index (χ0v) is 15.7. The average Bonchev–Trinajstić information content (AvgIpc) is 3.39. The molecule has 0 spiro atoms. The minimum atomic E-state index is 0. The molecule has 3 aromatic rings. The highest BCUT2D eigenvalue weighted by Gasteiger charge is 2.50. The smallest absolute Gasteiger partial charge is 0.231 e. The fourth-order valence-corrected chi connectivity index (χ4v) is 4.24. The summed E-state index contributed by atoms with van der Waals surface area (Å²) in [5.41, 5.74) is 4.09. The summed E-state index contributed by atoms with van der Waals surface area (Å²) in [5, 5.41) is 9.25. The molecule has 4 nitrogen and oxygen atoms in total. The highest BCUT2D eigenvalue weighted by atomic mass is 35.5. The van der Waals surface area contributed by atoms with Gasteiger partial charge in [-0.2, -0.15) is 0 Å². The second-order valence-corrected chi connectivity index (χ2v) is 7.21. The molecule has 2 aromatic carbocycles. The van der Waals surface area contributed by atoms with Crippen molar-refractivity contribution in [1.82, 2.24) is 14.8 Å². The monoisotopic (exact) mass is 366 g/mol. The van der Waals surface area contributed by atoms with Gasteiger partial charge in [-0.15, -0.1) is 22.6 Å². The van der Waals surface area contributed by atoms with Gasteiger partial charge in [-0.05, 0) is 42.9 Å². The Bertz CT molecular complexity index is 915. The van der Waals surface area contributed by atoms with E-state index in [1.54, 1.807) is 0 Å². The lowest BCUT2D eigenvalue weighted by Gasteiger charge is -2.30. The van der Waals surface area contributed by atoms with E-state index in [1.165, 1.54) is 16.8 Å². The fraction of sp³-hybridized carbons (Fsp3) is 0.333. The van der Waals surface area contributed by atoms with Crippen molar-refractivity contribution in [2.75, 3.05) is 11.4 Å². The van der Waals surface area contributed by atoms with E-state index in [9.17, 15) is 0 Å². The minimum absolute atomic E-state index is 0. The molecule has 1 saturated carbocycles. The van der Waals surface area contributed by atoms with Crippen molar-refractivity contribution in [3.05, 3.63) is 71.5 Å². The van der Waals surface area contributed by atoms with Gasteiger partial charge in [-0.3, -0.25) is 4.57 Å². The first kappa shape index (κ1) is 17.1. The average molecular weight is 367 g/mol. The molecule has 0 amide bonds. The lowest BCUT2D eigenvalue weighted by molar-refractivity contribution is 0.679. The van der Waals surface area contributed by atoms with Gasteiger partial charge < -0.3 is 4.90 Å². The summed E-state index contributed by atoms with van der Waals surface area (Å²) in [4.78, 5) is 2.33. The Hall–Kier alpha value is -2.33. The predicted octanol–water partition coefficient (Wildman–Crippen LogP) is 4.40. The highest BCUT2D eigenvalue weighted by Crippen LogP contribution is 2.53. The SMILES string of the molecule is Cl.Cn1c(N2CCCc3ccccc32)nnc1C1(c2ccccc2)CC1. The number of aryl methyl sites for hydroxylation is 1. The van der Waals surface area contributed by atoms with Gasteiger partial charge in [-0.1, -0.05) is 48.5 Å². The molecule has 1 aromatic heterocycles. The van der Waals surface area contributed by atoms with Gasteiger partial charge in [0.05, 0.1) is 5.41 Å². The van der Waals surface area contributed by atoms with E-state index < -0.39 is 0 Å². The van der Waals surface area contributed by atoms with Crippen LogP contribution in [0.5, 0.6) is 0 Å². The van der Waals surface area contributed by atoms with Crippen LogP contribution in [0.25, 0.3) is 0 Å². The maximum atomic E-state index is 4.65. The van der Waals surface area contributed by atoms with E-state index >= 15 is 0 Å². The van der Waals surface area contributed by atoms with Crippen LogP contribution < -0.4 is 4.90 Å². The van der Waals surface area contributed by atoms with Crippen LogP contribution in [0.4, 0.5) is 11.6 Å².